The standard InChI is InChI=1S/C18H24FN3O/c1-20-12-16-11-18(22(21-16)17-8-3-2-4-9-17)23-13-14-6-5-7-15(19)10-14/h5-7,10-11,17,20H,2-4,8-9,12-13H2,1H3. The van der Waals surface area contributed by atoms with Gasteiger partial charge in [-0.2, -0.15) is 5.10 Å². The number of aromatic nitrogens is 2. The van der Waals surface area contributed by atoms with E-state index in [4.69, 9.17) is 9.84 Å². The number of rotatable bonds is 6. The van der Waals surface area contributed by atoms with Gasteiger partial charge in [0.05, 0.1) is 11.7 Å². The maximum Gasteiger partial charge on any atom is 0.212 e. The van der Waals surface area contributed by atoms with E-state index in [9.17, 15) is 4.39 Å². The molecule has 5 heteroatoms. The van der Waals surface area contributed by atoms with E-state index in [1.807, 2.05) is 23.9 Å². The van der Waals surface area contributed by atoms with Gasteiger partial charge in [-0.1, -0.05) is 31.4 Å². The van der Waals surface area contributed by atoms with Crippen LogP contribution in [-0.4, -0.2) is 16.8 Å². The third-order valence-electron chi connectivity index (χ3n) is 4.31. The fourth-order valence-corrected chi connectivity index (χ4v) is 3.17. The number of benzene rings is 1. The van der Waals surface area contributed by atoms with Gasteiger partial charge in [0.2, 0.25) is 5.88 Å². The van der Waals surface area contributed by atoms with Crippen molar-refractivity contribution in [3.8, 4) is 5.88 Å². The summed E-state index contributed by atoms with van der Waals surface area (Å²) in [6.45, 7) is 1.07. The van der Waals surface area contributed by atoms with Crippen LogP contribution in [-0.2, 0) is 13.2 Å². The second-order valence-corrected chi connectivity index (χ2v) is 6.16. The maximum absolute atomic E-state index is 13.3. The number of nitrogens with zero attached hydrogens (tertiary/aromatic N) is 2. The van der Waals surface area contributed by atoms with Crippen molar-refractivity contribution < 1.29 is 9.13 Å². The van der Waals surface area contributed by atoms with Gasteiger partial charge in [0.15, 0.2) is 0 Å². The van der Waals surface area contributed by atoms with E-state index < -0.39 is 0 Å². The number of ether oxygens (including phenoxy) is 1. The third-order valence-corrected chi connectivity index (χ3v) is 4.31. The van der Waals surface area contributed by atoms with Gasteiger partial charge in [0, 0.05) is 12.6 Å². The van der Waals surface area contributed by atoms with Gasteiger partial charge in [-0.25, -0.2) is 9.07 Å². The Morgan fingerprint density at radius 1 is 1.26 bits per heavy atom. The van der Waals surface area contributed by atoms with E-state index in [1.165, 1.54) is 31.4 Å². The Kier molecular flexibility index (Phi) is 5.28. The zero-order valence-electron chi connectivity index (χ0n) is 13.6. The van der Waals surface area contributed by atoms with E-state index in [0.29, 0.717) is 12.6 Å². The predicted octanol–water partition coefficient (Wildman–Crippen LogP) is 3.83. The van der Waals surface area contributed by atoms with E-state index in [-0.39, 0.29) is 5.82 Å². The normalized spacial score (nSPS) is 15.7. The zero-order chi connectivity index (χ0) is 16.1. The first-order chi connectivity index (χ1) is 11.3. The summed E-state index contributed by atoms with van der Waals surface area (Å²) in [6, 6.07) is 8.94. The topological polar surface area (TPSA) is 39.1 Å². The molecule has 0 amide bonds. The molecule has 1 saturated carbocycles. The van der Waals surface area contributed by atoms with E-state index in [0.717, 1.165) is 36.5 Å². The molecule has 0 unspecified atom stereocenters. The molecule has 4 nitrogen and oxygen atoms in total. The van der Waals surface area contributed by atoms with Crippen molar-refractivity contribution in [2.24, 2.45) is 0 Å². The van der Waals surface area contributed by atoms with Crippen LogP contribution in [0.5, 0.6) is 5.88 Å². The molecule has 1 aliphatic carbocycles. The molecule has 0 spiro atoms. The van der Waals surface area contributed by atoms with Crippen LogP contribution in [0.1, 0.15) is 49.4 Å². The smallest absolute Gasteiger partial charge is 0.212 e. The lowest BCUT2D eigenvalue weighted by Gasteiger charge is -2.23. The van der Waals surface area contributed by atoms with E-state index in [1.54, 1.807) is 6.07 Å². The number of nitrogens with one attached hydrogen (secondary N) is 1. The number of halogens is 1. The van der Waals surface area contributed by atoms with Crippen molar-refractivity contribution in [3.05, 3.63) is 47.4 Å². The Morgan fingerprint density at radius 3 is 2.83 bits per heavy atom. The fourth-order valence-electron chi connectivity index (χ4n) is 3.17. The quantitative estimate of drug-likeness (QED) is 0.880. The first kappa shape index (κ1) is 16.0. The highest BCUT2D eigenvalue weighted by Gasteiger charge is 2.20. The summed E-state index contributed by atoms with van der Waals surface area (Å²) >= 11 is 0. The first-order valence-corrected chi connectivity index (χ1v) is 8.36. The van der Waals surface area contributed by atoms with Crippen molar-refractivity contribution in [3.63, 3.8) is 0 Å². The number of hydrogen-bond acceptors (Lipinski definition) is 3. The summed E-state index contributed by atoms with van der Waals surface area (Å²) in [7, 11) is 1.91. The Bertz CT molecular complexity index is 635. The predicted molar refractivity (Wildman–Crippen MR) is 87.8 cm³/mol. The lowest BCUT2D eigenvalue weighted by Crippen LogP contribution is -2.16. The van der Waals surface area contributed by atoms with Crippen LogP contribution in [0.3, 0.4) is 0 Å². The average molecular weight is 317 g/mol. The molecule has 0 radical (unpaired) electrons. The van der Waals surface area contributed by atoms with Crippen LogP contribution >= 0.6 is 0 Å². The second kappa shape index (κ2) is 7.59. The van der Waals surface area contributed by atoms with Gasteiger partial charge in [0.1, 0.15) is 12.4 Å². The van der Waals surface area contributed by atoms with Crippen molar-refractivity contribution >= 4 is 0 Å². The average Bonchev–Trinajstić information content (AvgIpc) is 2.97. The molecule has 23 heavy (non-hydrogen) atoms. The SMILES string of the molecule is CNCc1cc(OCc2cccc(F)c2)n(C2CCCCC2)n1. The molecular formula is C18H24FN3O. The van der Waals surface area contributed by atoms with E-state index >= 15 is 0 Å². The molecule has 124 valence electrons. The molecular weight excluding hydrogens is 293 g/mol. The van der Waals surface area contributed by atoms with Crippen molar-refractivity contribution in [2.75, 3.05) is 7.05 Å². The fraction of sp³-hybridized carbons (Fsp3) is 0.500. The Labute approximate surface area is 136 Å². The van der Waals surface area contributed by atoms with Gasteiger partial charge < -0.3 is 10.1 Å². The monoisotopic (exact) mass is 317 g/mol. The molecule has 0 atom stereocenters. The molecule has 0 bridgehead atoms. The third kappa shape index (κ3) is 4.10. The summed E-state index contributed by atoms with van der Waals surface area (Å²) in [5.41, 5.74) is 1.81. The minimum Gasteiger partial charge on any atom is -0.473 e. The molecule has 1 heterocycles. The van der Waals surface area contributed by atoms with Gasteiger partial charge >= 0.3 is 0 Å². The van der Waals surface area contributed by atoms with Crippen molar-refractivity contribution in [1.82, 2.24) is 15.1 Å². The summed E-state index contributed by atoms with van der Waals surface area (Å²) in [4.78, 5) is 0. The van der Waals surface area contributed by atoms with Crippen LogP contribution in [0.25, 0.3) is 0 Å². The highest BCUT2D eigenvalue weighted by molar-refractivity contribution is 5.20. The highest BCUT2D eigenvalue weighted by atomic mass is 19.1. The molecule has 1 fully saturated rings. The van der Waals surface area contributed by atoms with Crippen LogP contribution in [0, 0.1) is 5.82 Å². The molecule has 1 N–H and O–H groups in total. The number of hydrogen-bond donors (Lipinski definition) is 1. The van der Waals surface area contributed by atoms with Crippen LogP contribution in [0.15, 0.2) is 30.3 Å². The minimum atomic E-state index is -0.234. The molecule has 0 aliphatic heterocycles. The van der Waals surface area contributed by atoms with Gasteiger partial charge in [-0.15, -0.1) is 0 Å². The zero-order valence-corrected chi connectivity index (χ0v) is 13.6. The van der Waals surface area contributed by atoms with Gasteiger partial charge in [-0.3, -0.25) is 0 Å². The lowest BCUT2D eigenvalue weighted by atomic mass is 9.96. The highest BCUT2D eigenvalue weighted by Crippen LogP contribution is 2.31. The molecule has 0 saturated heterocycles. The molecule has 2 aromatic rings. The van der Waals surface area contributed by atoms with Crippen LogP contribution in [0.2, 0.25) is 0 Å². The molecule has 1 aliphatic rings. The maximum atomic E-state index is 13.3. The summed E-state index contributed by atoms with van der Waals surface area (Å²) in [5.74, 6) is 0.550. The lowest BCUT2D eigenvalue weighted by molar-refractivity contribution is 0.237. The summed E-state index contributed by atoms with van der Waals surface area (Å²) in [5, 5.41) is 7.84. The Hall–Kier alpha value is -1.88. The first-order valence-electron chi connectivity index (χ1n) is 8.36. The van der Waals surface area contributed by atoms with Crippen molar-refractivity contribution in [2.45, 2.75) is 51.3 Å². The Morgan fingerprint density at radius 2 is 2.09 bits per heavy atom. The summed E-state index contributed by atoms with van der Waals surface area (Å²) in [6.07, 6.45) is 6.10. The van der Waals surface area contributed by atoms with Gasteiger partial charge in [0.25, 0.3) is 0 Å². The van der Waals surface area contributed by atoms with E-state index in [2.05, 4.69) is 5.32 Å². The molecule has 1 aromatic carbocycles. The second-order valence-electron chi connectivity index (χ2n) is 6.16. The van der Waals surface area contributed by atoms with Crippen LogP contribution in [0.4, 0.5) is 4.39 Å². The minimum absolute atomic E-state index is 0.234. The molecule has 3 rings (SSSR count). The largest absolute Gasteiger partial charge is 0.473 e. The Balaban J connectivity index is 1.75. The van der Waals surface area contributed by atoms with Crippen molar-refractivity contribution in [1.29, 1.82) is 0 Å². The van der Waals surface area contributed by atoms with Crippen LogP contribution < -0.4 is 10.1 Å². The molecule has 1 aromatic heterocycles. The van der Waals surface area contributed by atoms with Gasteiger partial charge in [-0.05, 0) is 37.6 Å². The summed E-state index contributed by atoms with van der Waals surface area (Å²) < 4.78 is 21.3.